The molecule has 2 aliphatic rings. The van der Waals surface area contributed by atoms with Gasteiger partial charge in [-0.05, 0) is 31.7 Å². The van der Waals surface area contributed by atoms with Crippen LogP contribution in [0.2, 0.25) is 0 Å². The van der Waals surface area contributed by atoms with Crippen LogP contribution >= 0.6 is 0 Å². The summed E-state index contributed by atoms with van der Waals surface area (Å²) in [7, 11) is 1.49. The first-order valence-corrected chi connectivity index (χ1v) is 6.03. The number of esters is 1. The van der Waals surface area contributed by atoms with Gasteiger partial charge in [-0.15, -0.1) is 0 Å². The number of nitrogens with one attached hydrogen (secondary N) is 1. The van der Waals surface area contributed by atoms with Gasteiger partial charge in [0.15, 0.2) is 0 Å². The molecule has 1 saturated carbocycles. The van der Waals surface area contributed by atoms with Crippen molar-refractivity contribution < 1.29 is 9.53 Å². The largest absolute Gasteiger partial charge is 0.469 e. The molecule has 0 aromatic carbocycles. The molecule has 0 radical (unpaired) electrons. The Morgan fingerprint density at radius 3 is 2.60 bits per heavy atom. The Bertz CT molecular complexity index is 238. The van der Waals surface area contributed by atoms with E-state index < -0.39 is 0 Å². The molecule has 1 N–H and O–H groups in total. The molecule has 2 rings (SSSR count). The molecule has 0 aromatic heterocycles. The maximum absolute atomic E-state index is 11.6. The first-order chi connectivity index (χ1) is 7.22. The molecule has 0 spiro atoms. The van der Waals surface area contributed by atoms with E-state index in [9.17, 15) is 4.79 Å². The van der Waals surface area contributed by atoms with Crippen molar-refractivity contribution in [3.05, 3.63) is 0 Å². The van der Waals surface area contributed by atoms with Crippen molar-refractivity contribution in [1.29, 1.82) is 0 Å². The molecule has 1 aliphatic heterocycles. The lowest BCUT2D eigenvalue weighted by Crippen LogP contribution is -2.49. The second-order valence-corrected chi connectivity index (χ2v) is 5.01. The zero-order valence-corrected chi connectivity index (χ0v) is 9.66. The second kappa shape index (κ2) is 4.52. The average molecular weight is 211 g/mol. The Labute approximate surface area is 91.6 Å². The lowest BCUT2D eigenvalue weighted by molar-refractivity contribution is -0.148. The molecule has 3 nitrogen and oxygen atoms in total. The fraction of sp³-hybridized carbons (Fsp3) is 0.917. The third-order valence-electron chi connectivity index (χ3n) is 4.18. The molecule has 1 heterocycles. The van der Waals surface area contributed by atoms with Crippen molar-refractivity contribution in [2.24, 2.45) is 17.8 Å². The highest BCUT2D eigenvalue weighted by molar-refractivity contribution is 5.73. The van der Waals surface area contributed by atoms with Gasteiger partial charge in [0.05, 0.1) is 13.0 Å². The number of carbonyl (C=O) groups is 1. The van der Waals surface area contributed by atoms with Crippen LogP contribution in [0.4, 0.5) is 0 Å². The maximum Gasteiger partial charge on any atom is 0.310 e. The van der Waals surface area contributed by atoms with Gasteiger partial charge in [-0.1, -0.05) is 19.3 Å². The van der Waals surface area contributed by atoms with Gasteiger partial charge < -0.3 is 10.1 Å². The minimum atomic E-state index is -0.0426. The van der Waals surface area contributed by atoms with Gasteiger partial charge >= 0.3 is 5.97 Å². The Morgan fingerprint density at radius 1 is 1.33 bits per heavy atom. The third kappa shape index (κ3) is 2.17. The molecule has 15 heavy (non-hydrogen) atoms. The Balaban J connectivity index is 1.94. The topological polar surface area (TPSA) is 38.3 Å². The number of hydrogen-bond acceptors (Lipinski definition) is 3. The summed E-state index contributed by atoms with van der Waals surface area (Å²) in [6, 6.07) is 0.272. The summed E-state index contributed by atoms with van der Waals surface area (Å²) in [6.07, 6.45) is 5.11. The monoisotopic (exact) mass is 211 g/mol. The molecule has 1 saturated heterocycles. The van der Waals surface area contributed by atoms with Crippen LogP contribution in [-0.4, -0.2) is 25.7 Å². The summed E-state index contributed by atoms with van der Waals surface area (Å²) in [6.45, 7) is 3.16. The number of ether oxygens (including phenoxy) is 1. The molecule has 86 valence electrons. The van der Waals surface area contributed by atoms with Crippen LogP contribution in [0.25, 0.3) is 0 Å². The minimum absolute atomic E-state index is 0.0426. The smallest absolute Gasteiger partial charge is 0.310 e. The summed E-state index contributed by atoms with van der Waals surface area (Å²) in [5.41, 5.74) is 0. The van der Waals surface area contributed by atoms with Gasteiger partial charge in [-0.2, -0.15) is 0 Å². The fourth-order valence-corrected chi connectivity index (χ4v) is 2.82. The Morgan fingerprint density at radius 2 is 2.07 bits per heavy atom. The van der Waals surface area contributed by atoms with Crippen LogP contribution in [-0.2, 0) is 9.53 Å². The van der Waals surface area contributed by atoms with Crippen molar-refractivity contribution in [3.8, 4) is 0 Å². The molecule has 2 fully saturated rings. The molecular formula is C12H21NO2. The summed E-state index contributed by atoms with van der Waals surface area (Å²) >= 11 is 0. The Kier molecular flexibility index (Phi) is 3.29. The van der Waals surface area contributed by atoms with Crippen LogP contribution in [0.3, 0.4) is 0 Å². The molecule has 3 heteroatoms. The van der Waals surface area contributed by atoms with Gasteiger partial charge in [0.1, 0.15) is 0 Å². The molecule has 0 amide bonds. The van der Waals surface area contributed by atoms with Gasteiger partial charge in [0.25, 0.3) is 0 Å². The molecule has 1 aliphatic carbocycles. The minimum Gasteiger partial charge on any atom is -0.469 e. The summed E-state index contributed by atoms with van der Waals surface area (Å²) < 4.78 is 4.86. The van der Waals surface area contributed by atoms with E-state index in [1.54, 1.807) is 0 Å². The van der Waals surface area contributed by atoms with Gasteiger partial charge in [-0.25, -0.2) is 0 Å². The molecule has 3 atom stereocenters. The van der Waals surface area contributed by atoms with Gasteiger partial charge in [0.2, 0.25) is 0 Å². The second-order valence-electron chi connectivity index (χ2n) is 5.01. The van der Waals surface area contributed by atoms with Crippen molar-refractivity contribution in [2.45, 2.75) is 38.6 Å². The predicted octanol–water partition coefficient (Wildman–Crippen LogP) is 1.57. The van der Waals surface area contributed by atoms with Crippen molar-refractivity contribution >= 4 is 5.97 Å². The van der Waals surface area contributed by atoms with Crippen LogP contribution in [0.5, 0.6) is 0 Å². The number of carbonyl (C=O) groups excluding carboxylic acids is 1. The number of methoxy groups -OCH3 is 1. The highest BCUT2D eigenvalue weighted by Gasteiger charge is 2.37. The van der Waals surface area contributed by atoms with E-state index in [2.05, 4.69) is 12.2 Å². The standard InChI is InChI=1S/C12H21NO2/c1-8-11(12(14)15-2)6-10(7-13-8)9-4-3-5-9/h8-11,13H,3-7H2,1-2H3. The SMILES string of the molecule is COC(=O)C1CC(C2CCC2)CNC1C. The summed E-state index contributed by atoms with van der Waals surface area (Å²) in [5.74, 6) is 1.57. The molecular weight excluding hydrogens is 190 g/mol. The lowest BCUT2D eigenvalue weighted by Gasteiger charge is -2.41. The summed E-state index contributed by atoms with van der Waals surface area (Å²) in [4.78, 5) is 11.6. The van der Waals surface area contributed by atoms with Gasteiger partial charge in [0, 0.05) is 6.04 Å². The van der Waals surface area contributed by atoms with Crippen LogP contribution in [0.15, 0.2) is 0 Å². The molecule has 3 unspecified atom stereocenters. The molecule has 0 bridgehead atoms. The maximum atomic E-state index is 11.6. The number of piperidine rings is 1. The van der Waals surface area contributed by atoms with Crippen LogP contribution in [0, 0.1) is 17.8 Å². The quantitative estimate of drug-likeness (QED) is 0.705. The van der Waals surface area contributed by atoms with Gasteiger partial charge in [-0.3, -0.25) is 4.79 Å². The lowest BCUT2D eigenvalue weighted by atomic mass is 9.70. The molecule has 0 aromatic rings. The number of rotatable bonds is 2. The van der Waals surface area contributed by atoms with Crippen molar-refractivity contribution in [3.63, 3.8) is 0 Å². The van der Waals surface area contributed by atoms with E-state index in [0.29, 0.717) is 5.92 Å². The highest BCUT2D eigenvalue weighted by Crippen LogP contribution is 2.38. The average Bonchev–Trinajstić information content (AvgIpc) is 2.17. The summed E-state index contributed by atoms with van der Waals surface area (Å²) in [5, 5.41) is 3.45. The van der Waals surface area contributed by atoms with E-state index >= 15 is 0 Å². The predicted molar refractivity (Wildman–Crippen MR) is 58.4 cm³/mol. The third-order valence-corrected chi connectivity index (χ3v) is 4.18. The number of hydrogen-bond donors (Lipinski definition) is 1. The van der Waals surface area contributed by atoms with E-state index in [-0.39, 0.29) is 17.9 Å². The zero-order valence-electron chi connectivity index (χ0n) is 9.66. The Hall–Kier alpha value is -0.570. The first kappa shape index (κ1) is 10.9. The highest BCUT2D eigenvalue weighted by atomic mass is 16.5. The van der Waals surface area contributed by atoms with Crippen molar-refractivity contribution in [1.82, 2.24) is 5.32 Å². The van der Waals surface area contributed by atoms with Crippen LogP contribution in [0.1, 0.15) is 32.6 Å². The fourth-order valence-electron chi connectivity index (χ4n) is 2.82. The normalized spacial score (nSPS) is 37.1. The first-order valence-electron chi connectivity index (χ1n) is 6.03. The van der Waals surface area contributed by atoms with E-state index in [1.165, 1.54) is 26.4 Å². The van der Waals surface area contributed by atoms with E-state index in [0.717, 1.165) is 18.9 Å². The van der Waals surface area contributed by atoms with Crippen LogP contribution < -0.4 is 5.32 Å². The van der Waals surface area contributed by atoms with E-state index in [1.807, 2.05) is 0 Å². The zero-order chi connectivity index (χ0) is 10.8. The van der Waals surface area contributed by atoms with E-state index in [4.69, 9.17) is 4.74 Å². The van der Waals surface area contributed by atoms with Crippen molar-refractivity contribution in [2.75, 3.05) is 13.7 Å².